The van der Waals surface area contributed by atoms with E-state index in [1.165, 1.54) is 17.0 Å². The molecule has 262 valence electrons. The molecule has 0 radical (unpaired) electrons. The summed E-state index contributed by atoms with van der Waals surface area (Å²) in [6, 6.07) is 15.7. The molecule has 1 aliphatic carbocycles. The predicted octanol–water partition coefficient (Wildman–Crippen LogP) is 7.92. The van der Waals surface area contributed by atoms with Crippen molar-refractivity contribution in [3.05, 3.63) is 106 Å². The van der Waals surface area contributed by atoms with Gasteiger partial charge in [0.2, 0.25) is 5.91 Å². The average molecular weight is 711 g/mol. The number of aryl methyl sites for hydroxylation is 1. The van der Waals surface area contributed by atoms with Crippen molar-refractivity contribution in [3.63, 3.8) is 0 Å². The SMILES string of the molecule is Cc1ccccc1[C@H]1[C@@H]2CN(C(=O)NC(=O)CCl)C[C@H]2CC[C@@H]1O[C@H](COC(=O)c1ccccc1)c1cc(C(F)(F)F)cc(C(F)(F)F)c1. The van der Waals surface area contributed by atoms with E-state index >= 15 is 0 Å². The summed E-state index contributed by atoms with van der Waals surface area (Å²) in [4.78, 5) is 39.1. The number of benzene rings is 3. The standard InChI is InChI=1S/C35H33ClF6N2O5/c1-20-7-5-6-10-26(20)31-27-18-44(33(47)43-30(45)16-36)17-22(27)11-12-28(31)49-29(19-48-32(46)21-8-3-2-4-9-21)23-13-24(34(37,38)39)15-25(14-23)35(40,41)42/h2-10,13-15,22,27-29,31H,11-12,16-19H2,1H3,(H,43,45,47)/t22-,27-,28+,29-,31+/m1/s1. The van der Waals surface area contributed by atoms with Gasteiger partial charge in [-0.15, -0.1) is 11.6 Å². The molecule has 2 fully saturated rings. The van der Waals surface area contributed by atoms with Crippen LogP contribution in [0.4, 0.5) is 31.1 Å². The maximum atomic E-state index is 13.9. The van der Waals surface area contributed by atoms with Gasteiger partial charge in [0.25, 0.3) is 0 Å². The molecule has 3 aromatic carbocycles. The molecule has 14 heteroatoms. The van der Waals surface area contributed by atoms with Gasteiger partial charge < -0.3 is 14.4 Å². The van der Waals surface area contributed by atoms with Crippen molar-refractivity contribution in [2.75, 3.05) is 25.6 Å². The third kappa shape index (κ3) is 8.56. The lowest BCUT2D eigenvalue weighted by atomic mass is 9.68. The number of nitrogens with one attached hydrogen (secondary N) is 1. The average Bonchev–Trinajstić information content (AvgIpc) is 3.51. The minimum absolute atomic E-state index is 0.0327. The number of hydrogen-bond donors (Lipinski definition) is 1. The first-order chi connectivity index (χ1) is 23.2. The molecule has 0 spiro atoms. The van der Waals surface area contributed by atoms with Gasteiger partial charge in [0.1, 0.15) is 18.6 Å². The Labute approximate surface area is 283 Å². The molecule has 1 N–H and O–H groups in total. The van der Waals surface area contributed by atoms with Gasteiger partial charge in [0.05, 0.1) is 22.8 Å². The highest BCUT2D eigenvalue weighted by Crippen LogP contribution is 2.49. The third-order valence-electron chi connectivity index (χ3n) is 9.07. The summed E-state index contributed by atoms with van der Waals surface area (Å²) in [6.07, 6.45) is -11.7. The number of alkyl halides is 7. The number of nitrogens with zero attached hydrogens (tertiary/aromatic N) is 1. The zero-order valence-corrected chi connectivity index (χ0v) is 26.9. The first-order valence-electron chi connectivity index (χ1n) is 15.5. The molecular weight excluding hydrogens is 678 g/mol. The number of carbonyl (C=O) groups is 3. The van der Waals surface area contributed by atoms with E-state index in [0.29, 0.717) is 31.5 Å². The maximum Gasteiger partial charge on any atom is 0.416 e. The van der Waals surface area contributed by atoms with Crippen molar-refractivity contribution in [3.8, 4) is 0 Å². The molecule has 2 aliphatic rings. The molecule has 0 unspecified atom stereocenters. The van der Waals surface area contributed by atoms with E-state index in [1.807, 2.05) is 31.2 Å². The van der Waals surface area contributed by atoms with Gasteiger partial charge in [-0.3, -0.25) is 10.1 Å². The second-order valence-corrected chi connectivity index (χ2v) is 12.5. The molecule has 0 aromatic heterocycles. The van der Waals surface area contributed by atoms with E-state index in [9.17, 15) is 40.7 Å². The normalized spacial score (nSPS) is 21.5. The molecular formula is C35H33ClF6N2O5. The van der Waals surface area contributed by atoms with Crippen molar-refractivity contribution in [2.45, 2.75) is 50.2 Å². The molecule has 49 heavy (non-hydrogen) atoms. The Morgan fingerprint density at radius 1 is 0.898 bits per heavy atom. The summed E-state index contributed by atoms with van der Waals surface area (Å²) in [5, 5.41) is 2.24. The molecule has 7 nitrogen and oxygen atoms in total. The van der Waals surface area contributed by atoms with E-state index in [1.54, 1.807) is 18.2 Å². The van der Waals surface area contributed by atoms with Crippen molar-refractivity contribution >= 4 is 29.5 Å². The van der Waals surface area contributed by atoms with Crippen LogP contribution >= 0.6 is 11.6 Å². The second-order valence-electron chi connectivity index (χ2n) is 12.2. The maximum absolute atomic E-state index is 13.9. The molecule has 1 saturated carbocycles. The fraction of sp³-hybridized carbons (Fsp3) is 0.400. The number of fused-ring (bicyclic) bond motifs is 1. The van der Waals surface area contributed by atoms with Crippen LogP contribution in [0.1, 0.15) is 63.0 Å². The van der Waals surface area contributed by atoms with Gasteiger partial charge in [-0.2, -0.15) is 26.3 Å². The van der Waals surface area contributed by atoms with Crippen molar-refractivity contribution in [1.29, 1.82) is 0 Å². The van der Waals surface area contributed by atoms with E-state index in [0.717, 1.165) is 11.1 Å². The highest BCUT2D eigenvalue weighted by atomic mass is 35.5. The number of imide groups is 1. The quantitative estimate of drug-likeness (QED) is 0.146. The van der Waals surface area contributed by atoms with Gasteiger partial charge in [0.15, 0.2) is 0 Å². The van der Waals surface area contributed by atoms with E-state index in [2.05, 4.69) is 5.32 Å². The van der Waals surface area contributed by atoms with Gasteiger partial charge in [-0.25, -0.2) is 9.59 Å². The van der Waals surface area contributed by atoms with Crippen molar-refractivity contribution in [1.82, 2.24) is 10.2 Å². The summed E-state index contributed by atoms with van der Waals surface area (Å²) in [5.74, 6) is -2.64. The number of hydrogen-bond acceptors (Lipinski definition) is 5. The number of likely N-dealkylation sites (tertiary alicyclic amines) is 1. The minimum atomic E-state index is -5.11. The molecule has 5 atom stereocenters. The lowest BCUT2D eigenvalue weighted by molar-refractivity contribution is -0.143. The first kappa shape index (κ1) is 36.2. The Morgan fingerprint density at radius 3 is 2.14 bits per heavy atom. The largest absolute Gasteiger partial charge is 0.459 e. The smallest absolute Gasteiger partial charge is 0.416 e. The number of ether oxygens (including phenoxy) is 2. The van der Waals surface area contributed by atoms with Crippen LogP contribution in [0.5, 0.6) is 0 Å². The van der Waals surface area contributed by atoms with Gasteiger partial charge >= 0.3 is 24.4 Å². The van der Waals surface area contributed by atoms with Crippen LogP contribution in [0.25, 0.3) is 0 Å². The molecule has 0 bridgehead atoms. The van der Waals surface area contributed by atoms with Crippen LogP contribution < -0.4 is 5.32 Å². The van der Waals surface area contributed by atoms with Crippen LogP contribution in [-0.4, -0.2) is 54.5 Å². The number of urea groups is 1. The monoisotopic (exact) mass is 710 g/mol. The topological polar surface area (TPSA) is 84.9 Å². The van der Waals surface area contributed by atoms with Gasteiger partial charge in [0, 0.05) is 19.0 Å². The fourth-order valence-corrected chi connectivity index (χ4v) is 6.85. The van der Waals surface area contributed by atoms with E-state index in [-0.39, 0.29) is 30.0 Å². The third-order valence-corrected chi connectivity index (χ3v) is 9.32. The summed E-state index contributed by atoms with van der Waals surface area (Å²) >= 11 is 5.56. The van der Waals surface area contributed by atoms with Crippen LogP contribution in [0.2, 0.25) is 0 Å². The number of rotatable bonds is 8. The van der Waals surface area contributed by atoms with Crippen LogP contribution in [0.3, 0.4) is 0 Å². The number of carbonyl (C=O) groups excluding carboxylic acids is 3. The highest BCUT2D eigenvalue weighted by molar-refractivity contribution is 6.28. The number of halogens is 7. The summed E-state index contributed by atoms with van der Waals surface area (Å²) in [5.41, 5.74) is -1.67. The van der Waals surface area contributed by atoms with E-state index in [4.69, 9.17) is 21.1 Å². The lowest BCUT2D eigenvalue weighted by Gasteiger charge is -2.41. The minimum Gasteiger partial charge on any atom is -0.459 e. The molecule has 3 aromatic rings. The van der Waals surface area contributed by atoms with Gasteiger partial charge in [-0.05, 0) is 78.6 Å². The van der Waals surface area contributed by atoms with Crippen LogP contribution in [0.15, 0.2) is 72.8 Å². The number of amides is 3. The Hall–Kier alpha value is -4.10. The van der Waals surface area contributed by atoms with E-state index < -0.39 is 77.6 Å². The van der Waals surface area contributed by atoms with Gasteiger partial charge in [-0.1, -0.05) is 42.5 Å². The summed E-state index contributed by atoms with van der Waals surface area (Å²) in [7, 11) is 0. The fourth-order valence-electron chi connectivity index (χ4n) is 6.78. The molecule has 1 heterocycles. The highest BCUT2D eigenvalue weighted by Gasteiger charge is 2.48. The molecule has 3 amide bonds. The number of esters is 1. The zero-order chi connectivity index (χ0) is 35.5. The summed E-state index contributed by atoms with van der Waals surface area (Å²) < 4.78 is 95.4. The Bertz CT molecular complexity index is 1640. The molecule has 5 rings (SSSR count). The van der Waals surface area contributed by atoms with Crippen LogP contribution in [-0.2, 0) is 26.6 Å². The van der Waals surface area contributed by atoms with Crippen molar-refractivity contribution in [2.24, 2.45) is 11.8 Å². The Balaban J connectivity index is 1.53. The Morgan fingerprint density at radius 2 is 1.53 bits per heavy atom. The molecule has 1 aliphatic heterocycles. The lowest BCUT2D eigenvalue weighted by Crippen LogP contribution is -2.42. The molecule has 1 saturated heterocycles. The zero-order valence-electron chi connectivity index (χ0n) is 26.2. The van der Waals surface area contributed by atoms with Crippen molar-refractivity contribution < 1.29 is 50.2 Å². The Kier molecular flexibility index (Phi) is 10.9. The predicted molar refractivity (Wildman–Crippen MR) is 167 cm³/mol. The van der Waals surface area contributed by atoms with Crippen LogP contribution in [0, 0.1) is 18.8 Å². The first-order valence-corrected chi connectivity index (χ1v) is 16.1. The summed E-state index contributed by atoms with van der Waals surface area (Å²) in [6.45, 7) is 1.73. The second kappa shape index (κ2) is 14.8.